The molecule has 0 fully saturated rings. The van der Waals surface area contributed by atoms with E-state index in [1.807, 2.05) is 0 Å². The van der Waals surface area contributed by atoms with Crippen LogP contribution in [0.3, 0.4) is 0 Å². The van der Waals surface area contributed by atoms with Gasteiger partial charge in [0.15, 0.2) is 0 Å². The summed E-state index contributed by atoms with van der Waals surface area (Å²) in [6, 6.07) is 7.12. The lowest BCUT2D eigenvalue weighted by Gasteiger charge is -2.18. The third-order valence-electron chi connectivity index (χ3n) is 4.97. The van der Waals surface area contributed by atoms with Crippen molar-refractivity contribution in [1.82, 2.24) is 0 Å². The lowest BCUT2D eigenvalue weighted by atomic mass is 10.1. The molecule has 1 heterocycles. The van der Waals surface area contributed by atoms with Crippen molar-refractivity contribution in [3.05, 3.63) is 58.1 Å². The van der Waals surface area contributed by atoms with Crippen molar-refractivity contribution in [2.45, 2.75) is 33.3 Å². The molecule has 0 saturated carbocycles. The number of carbonyl (C=O) groups excluding carboxylic acids is 3. The topological polar surface area (TPSA) is 104 Å². The molecule has 1 atom stereocenters. The molecule has 3 rings (SSSR count). The van der Waals surface area contributed by atoms with Crippen LogP contribution in [0.15, 0.2) is 30.3 Å². The van der Waals surface area contributed by atoms with E-state index in [1.165, 1.54) is 30.3 Å². The van der Waals surface area contributed by atoms with E-state index < -0.39 is 23.9 Å². The van der Waals surface area contributed by atoms with Crippen LogP contribution in [0.4, 0.5) is 5.69 Å². The first-order valence-electron chi connectivity index (χ1n) is 8.93. The Balaban J connectivity index is 1.92. The summed E-state index contributed by atoms with van der Waals surface area (Å²) in [5.41, 5.74) is 2.01. The fourth-order valence-corrected chi connectivity index (χ4v) is 2.99. The van der Waals surface area contributed by atoms with Gasteiger partial charge in [-0.2, -0.15) is 0 Å². The number of imide groups is 1. The Morgan fingerprint density at radius 1 is 1.07 bits per heavy atom. The average molecular weight is 383 g/mol. The Morgan fingerprint density at radius 3 is 2.43 bits per heavy atom. The largest absolute Gasteiger partial charge is 0.508 e. The third-order valence-corrected chi connectivity index (χ3v) is 4.97. The maximum Gasteiger partial charge on any atom is 0.338 e. The van der Waals surface area contributed by atoms with Crippen molar-refractivity contribution in [1.29, 1.82) is 0 Å². The van der Waals surface area contributed by atoms with Crippen LogP contribution in [0.2, 0.25) is 0 Å². The van der Waals surface area contributed by atoms with E-state index in [0.717, 1.165) is 4.90 Å². The number of hydrogen-bond acceptors (Lipinski definition) is 6. The van der Waals surface area contributed by atoms with E-state index in [0.29, 0.717) is 23.2 Å². The quantitative estimate of drug-likeness (QED) is 0.608. The predicted octanol–water partition coefficient (Wildman–Crippen LogP) is 2.74. The molecular weight excluding hydrogens is 362 g/mol. The Bertz CT molecular complexity index is 981. The van der Waals surface area contributed by atoms with E-state index in [4.69, 9.17) is 4.74 Å². The van der Waals surface area contributed by atoms with Crippen LogP contribution in [0.25, 0.3) is 0 Å². The Kier molecular flexibility index (Phi) is 5.20. The van der Waals surface area contributed by atoms with E-state index in [9.17, 15) is 24.6 Å². The molecule has 2 amide bonds. The highest BCUT2D eigenvalue weighted by molar-refractivity contribution is 6.35. The highest BCUT2D eigenvalue weighted by atomic mass is 16.5. The molecule has 146 valence electrons. The smallest absolute Gasteiger partial charge is 0.338 e. The fraction of sp³-hybridized carbons (Fsp3) is 0.286. The molecule has 1 aliphatic rings. The number of benzene rings is 2. The van der Waals surface area contributed by atoms with Crippen LogP contribution >= 0.6 is 0 Å². The number of amides is 2. The number of phenolic OH excluding ortho intramolecular Hbond substituents is 1. The number of ether oxygens (including phenoxy) is 1. The first-order valence-corrected chi connectivity index (χ1v) is 8.93. The highest BCUT2D eigenvalue weighted by Crippen LogP contribution is 2.34. The van der Waals surface area contributed by atoms with Gasteiger partial charge < -0.3 is 14.9 Å². The van der Waals surface area contributed by atoms with Crippen LogP contribution in [0.5, 0.6) is 5.75 Å². The Labute approximate surface area is 162 Å². The molecule has 1 unspecified atom stereocenters. The summed E-state index contributed by atoms with van der Waals surface area (Å²) in [4.78, 5) is 38.9. The van der Waals surface area contributed by atoms with Crippen molar-refractivity contribution in [2.75, 3.05) is 11.5 Å². The van der Waals surface area contributed by atoms with Crippen LogP contribution in [-0.2, 0) is 4.74 Å². The average Bonchev–Trinajstić information content (AvgIpc) is 2.94. The minimum Gasteiger partial charge on any atom is -0.508 e. The van der Waals surface area contributed by atoms with E-state index >= 15 is 0 Å². The maximum atomic E-state index is 12.9. The van der Waals surface area contributed by atoms with Crippen molar-refractivity contribution in [3.63, 3.8) is 0 Å². The minimum absolute atomic E-state index is 0.0807. The molecule has 0 bridgehead atoms. The summed E-state index contributed by atoms with van der Waals surface area (Å²) in [6.07, 6.45) is -0.303. The summed E-state index contributed by atoms with van der Waals surface area (Å²) in [5.74, 6) is -1.63. The van der Waals surface area contributed by atoms with Crippen LogP contribution < -0.4 is 4.90 Å². The number of esters is 1. The number of phenols is 1. The van der Waals surface area contributed by atoms with Gasteiger partial charge in [-0.1, -0.05) is 6.92 Å². The number of aliphatic hydroxyl groups excluding tert-OH is 1. The normalized spacial score (nSPS) is 14.2. The summed E-state index contributed by atoms with van der Waals surface area (Å²) in [6.45, 7) is 5.04. The van der Waals surface area contributed by atoms with Gasteiger partial charge in [-0.3, -0.25) is 9.59 Å². The number of nitrogens with zero attached hydrogens (tertiary/aromatic N) is 1. The number of carbonyl (C=O) groups is 3. The van der Waals surface area contributed by atoms with Crippen molar-refractivity contribution >= 4 is 23.5 Å². The van der Waals surface area contributed by atoms with Gasteiger partial charge in [-0.25, -0.2) is 9.69 Å². The van der Waals surface area contributed by atoms with Gasteiger partial charge in [-0.05, 0) is 61.7 Å². The van der Waals surface area contributed by atoms with Gasteiger partial charge in [0.25, 0.3) is 11.8 Å². The Morgan fingerprint density at radius 2 is 1.75 bits per heavy atom. The lowest BCUT2D eigenvalue weighted by molar-refractivity contribution is 0.0250. The van der Waals surface area contributed by atoms with E-state index in [2.05, 4.69) is 0 Å². The summed E-state index contributed by atoms with van der Waals surface area (Å²) >= 11 is 0. The van der Waals surface area contributed by atoms with Crippen LogP contribution in [-0.4, -0.2) is 40.7 Å². The van der Waals surface area contributed by atoms with E-state index in [-0.39, 0.29) is 29.0 Å². The number of aliphatic hydroxyl groups is 1. The van der Waals surface area contributed by atoms with Crippen molar-refractivity contribution in [3.8, 4) is 5.75 Å². The fourth-order valence-electron chi connectivity index (χ4n) is 2.99. The zero-order valence-electron chi connectivity index (χ0n) is 15.9. The van der Waals surface area contributed by atoms with Crippen molar-refractivity contribution < 1.29 is 29.3 Å². The molecule has 2 N–H and O–H groups in total. The van der Waals surface area contributed by atoms with E-state index in [1.54, 1.807) is 20.8 Å². The first kappa shape index (κ1) is 19.6. The molecule has 0 radical (unpaired) electrons. The molecule has 0 aromatic heterocycles. The second kappa shape index (κ2) is 7.44. The standard InChI is InChI=1S/C21H21NO6/c1-4-14(23)10-28-21(27)13-5-6-15-16(9-13)20(26)22(19(15)25)17-7-8-18(24)12(3)11(17)2/h5-9,14,23-24H,4,10H2,1-3H3. The molecule has 7 heteroatoms. The molecule has 28 heavy (non-hydrogen) atoms. The molecule has 7 nitrogen and oxygen atoms in total. The molecule has 1 aliphatic heterocycles. The van der Waals surface area contributed by atoms with Gasteiger partial charge in [-0.15, -0.1) is 0 Å². The highest BCUT2D eigenvalue weighted by Gasteiger charge is 2.38. The van der Waals surface area contributed by atoms with Crippen molar-refractivity contribution in [2.24, 2.45) is 0 Å². The molecule has 0 spiro atoms. The van der Waals surface area contributed by atoms with Gasteiger partial charge in [0, 0.05) is 0 Å². The summed E-state index contributed by atoms with van der Waals surface area (Å²) in [7, 11) is 0. The van der Waals surface area contributed by atoms with Crippen LogP contribution in [0.1, 0.15) is 55.5 Å². The monoisotopic (exact) mass is 383 g/mol. The van der Waals surface area contributed by atoms with Crippen LogP contribution in [0, 0.1) is 13.8 Å². The second-order valence-corrected chi connectivity index (χ2v) is 6.72. The number of anilines is 1. The summed E-state index contributed by atoms with van der Waals surface area (Å²) < 4.78 is 5.04. The first-order chi connectivity index (χ1) is 13.3. The SMILES string of the molecule is CCC(O)COC(=O)c1ccc2c(c1)C(=O)N(c1ccc(O)c(C)c1C)C2=O. The van der Waals surface area contributed by atoms with Gasteiger partial charge in [0.1, 0.15) is 12.4 Å². The molecular formula is C21H21NO6. The zero-order chi connectivity index (χ0) is 20.6. The molecule has 2 aromatic rings. The van der Waals surface area contributed by atoms with Gasteiger partial charge in [0.2, 0.25) is 0 Å². The second-order valence-electron chi connectivity index (χ2n) is 6.72. The number of hydrogen-bond donors (Lipinski definition) is 2. The number of aromatic hydroxyl groups is 1. The number of fused-ring (bicyclic) bond motifs is 1. The molecule has 2 aromatic carbocycles. The molecule has 0 aliphatic carbocycles. The molecule has 0 saturated heterocycles. The van der Waals surface area contributed by atoms with Gasteiger partial charge in [0.05, 0.1) is 28.5 Å². The maximum absolute atomic E-state index is 12.9. The third kappa shape index (κ3) is 3.25. The minimum atomic E-state index is -0.752. The Hall–Kier alpha value is -3.19. The predicted molar refractivity (Wildman–Crippen MR) is 102 cm³/mol. The number of rotatable bonds is 5. The van der Waals surface area contributed by atoms with Gasteiger partial charge >= 0.3 is 5.97 Å². The zero-order valence-corrected chi connectivity index (χ0v) is 15.9. The lowest BCUT2D eigenvalue weighted by Crippen LogP contribution is -2.30. The summed E-state index contributed by atoms with van der Waals surface area (Å²) in [5, 5.41) is 19.3.